The van der Waals surface area contributed by atoms with Gasteiger partial charge in [0.05, 0.1) is 18.5 Å². The fourth-order valence-corrected chi connectivity index (χ4v) is 2.35. The molecule has 0 saturated carbocycles. The summed E-state index contributed by atoms with van der Waals surface area (Å²) in [6.07, 6.45) is 1.97. The third kappa shape index (κ3) is 4.29. The minimum Gasteiger partial charge on any atom is -0.492 e. The van der Waals surface area contributed by atoms with Crippen molar-refractivity contribution in [3.63, 3.8) is 0 Å². The summed E-state index contributed by atoms with van der Waals surface area (Å²) in [5.41, 5.74) is 1.69. The van der Waals surface area contributed by atoms with Gasteiger partial charge in [-0.1, -0.05) is 18.2 Å². The molecule has 4 nitrogen and oxygen atoms in total. The van der Waals surface area contributed by atoms with E-state index in [1.165, 1.54) is 12.1 Å². The molecule has 0 bridgehead atoms. The van der Waals surface area contributed by atoms with Crippen molar-refractivity contribution in [2.45, 2.75) is 6.42 Å². The zero-order valence-corrected chi connectivity index (χ0v) is 13.0. The van der Waals surface area contributed by atoms with Crippen molar-refractivity contribution in [2.24, 2.45) is 0 Å². The zero-order valence-electron chi connectivity index (χ0n) is 13.0. The summed E-state index contributed by atoms with van der Waals surface area (Å²) in [7, 11) is 0. The Balaban J connectivity index is 1.44. The molecule has 5 heteroatoms. The average Bonchev–Trinajstić information content (AvgIpc) is 2.60. The molecule has 0 aliphatic heterocycles. The molecule has 2 aromatic carbocycles. The molecular formula is C19H17FN2O2. The SMILES string of the molecule is O=C(Cc1ccc(F)cc1)NCCOc1ccc2ncccc2c1. The van der Waals surface area contributed by atoms with Gasteiger partial charge in [-0.2, -0.15) is 0 Å². The van der Waals surface area contributed by atoms with Crippen LogP contribution >= 0.6 is 0 Å². The van der Waals surface area contributed by atoms with Crippen LogP contribution in [0.2, 0.25) is 0 Å². The summed E-state index contributed by atoms with van der Waals surface area (Å²) in [6.45, 7) is 0.784. The Labute approximate surface area is 139 Å². The molecular weight excluding hydrogens is 307 g/mol. The number of nitrogens with one attached hydrogen (secondary N) is 1. The highest BCUT2D eigenvalue weighted by atomic mass is 19.1. The number of halogens is 1. The van der Waals surface area contributed by atoms with Crippen LogP contribution in [0.25, 0.3) is 10.9 Å². The molecule has 0 saturated heterocycles. The molecule has 0 fully saturated rings. The number of ether oxygens (including phenoxy) is 1. The molecule has 1 heterocycles. The lowest BCUT2D eigenvalue weighted by molar-refractivity contribution is -0.120. The van der Waals surface area contributed by atoms with Gasteiger partial charge in [-0.25, -0.2) is 4.39 Å². The molecule has 1 N–H and O–H groups in total. The standard InChI is InChI=1S/C19H17FN2O2/c20-16-5-3-14(4-6-16)12-19(23)22-10-11-24-17-7-8-18-15(13-17)2-1-9-21-18/h1-9,13H,10-12H2,(H,22,23). The Morgan fingerprint density at radius 1 is 1.12 bits per heavy atom. The third-order valence-electron chi connectivity index (χ3n) is 3.55. The monoisotopic (exact) mass is 324 g/mol. The predicted octanol–water partition coefficient (Wildman–Crippen LogP) is 3.11. The van der Waals surface area contributed by atoms with Crippen LogP contribution in [0.15, 0.2) is 60.8 Å². The van der Waals surface area contributed by atoms with Gasteiger partial charge in [0, 0.05) is 11.6 Å². The maximum Gasteiger partial charge on any atom is 0.224 e. The first-order valence-electron chi connectivity index (χ1n) is 7.69. The fourth-order valence-electron chi connectivity index (χ4n) is 2.35. The summed E-state index contributed by atoms with van der Waals surface area (Å²) in [6, 6.07) is 15.4. The van der Waals surface area contributed by atoms with E-state index >= 15 is 0 Å². The number of amides is 1. The van der Waals surface area contributed by atoms with Gasteiger partial charge in [0.2, 0.25) is 5.91 Å². The summed E-state index contributed by atoms with van der Waals surface area (Å²) in [5.74, 6) is 0.314. The van der Waals surface area contributed by atoms with Crippen molar-refractivity contribution >= 4 is 16.8 Å². The number of hydrogen-bond donors (Lipinski definition) is 1. The molecule has 1 aromatic heterocycles. The van der Waals surface area contributed by atoms with E-state index in [0.717, 1.165) is 22.2 Å². The average molecular weight is 324 g/mol. The topological polar surface area (TPSA) is 51.2 Å². The van der Waals surface area contributed by atoms with Crippen LogP contribution < -0.4 is 10.1 Å². The first kappa shape index (κ1) is 15.9. The second-order valence-corrected chi connectivity index (χ2v) is 5.36. The van der Waals surface area contributed by atoms with Gasteiger partial charge in [-0.3, -0.25) is 9.78 Å². The van der Waals surface area contributed by atoms with E-state index in [-0.39, 0.29) is 18.1 Å². The number of fused-ring (bicyclic) bond motifs is 1. The maximum absolute atomic E-state index is 12.8. The Morgan fingerprint density at radius 3 is 2.79 bits per heavy atom. The van der Waals surface area contributed by atoms with Crippen LogP contribution in [0.4, 0.5) is 4.39 Å². The number of hydrogen-bond acceptors (Lipinski definition) is 3. The maximum atomic E-state index is 12.8. The number of pyridine rings is 1. The summed E-state index contributed by atoms with van der Waals surface area (Å²) in [4.78, 5) is 16.1. The molecule has 0 spiro atoms. The first-order chi connectivity index (χ1) is 11.7. The van der Waals surface area contributed by atoms with E-state index in [4.69, 9.17) is 4.74 Å². The first-order valence-corrected chi connectivity index (χ1v) is 7.69. The van der Waals surface area contributed by atoms with E-state index in [1.807, 2.05) is 30.3 Å². The van der Waals surface area contributed by atoms with E-state index in [9.17, 15) is 9.18 Å². The van der Waals surface area contributed by atoms with E-state index in [0.29, 0.717) is 13.2 Å². The lowest BCUT2D eigenvalue weighted by atomic mass is 10.1. The van der Waals surface area contributed by atoms with Crippen molar-refractivity contribution in [3.05, 3.63) is 72.2 Å². The largest absolute Gasteiger partial charge is 0.492 e. The molecule has 1 amide bonds. The Bertz CT molecular complexity index is 834. The normalized spacial score (nSPS) is 10.5. The van der Waals surface area contributed by atoms with E-state index < -0.39 is 0 Å². The van der Waals surface area contributed by atoms with Crippen molar-refractivity contribution in [1.29, 1.82) is 0 Å². The van der Waals surface area contributed by atoms with Gasteiger partial charge in [0.1, 0.15) is 18.2 Å². The summed E-state index contributed by atoms with van der Waals surface area (Å²) in [5, 5.41) is 3.79. The second kappa shape index (κ2) is 7.55. The second-order valence-electron chi connectivity index (χ2n) is 5.36. The Kier molecular flexibility index (Phi) is 5.01. The summed E-state index contributed by atoms with van der Waals surface area (Å²) >= 11 is 0. The number of carbonyl (C=O) groups is 1. The van der Waals surface area contributed by atoms with Gasteiger partial charge in [0.15, 0.2) is 0 Å². The highest BCUT2D eigenvalue weighted by Gasteiger charge is 2.03. The van der Waals surface area contributed by atoms with Gasteiger partial charge in [0.25, 0.3) is 0 Å². The lowest BCUT2D eigenvalue weighted by Gasteiger charge is -2.08. The highest BCUT2D eigenvalue weighted by molar-refractivity contribution is 5.80. The quantitative estimate of drug-likeness (QED) is 0.709. The van der Waals surface area contributed by atoms with Crippen LogP contribution in [0.1, 0.15) is 5.56 Å². The van der Waals surface area contributed by atoms with E-state index in [2.05, 4.69) is 10.3 Å². The molecule has 0 radical (unpaired) electrons. The predicted molar refractivity (Wildman–Crippen MR) is 90.4 cm³/mol. The molecule has 24 heavy (non-hydrogen) atoms. The van der Waals surface area contributed by atoms with Gasteiger partial charge >= 0.3 is 0 Å². The van der Waals surface area contributed by atoms with Crippen LogP contribution in [-0.2, 0) is 11.2 Å². The zero-order chi connectivity index (χ0) is 16.8. The molecule has 122 valence electrons. The molecule has 3 rings (SSSR count). The van der Waals surface area contributed by atoms with Crippen LogP contribution in [0.3, 0.4) is 0 Å². The van der Waals surface area contributed by atoms with Crippen molar-refractivity contribution in [2.75, 3.05) is 13.2 Å². The van der Waals surface area contributed by atoms with Crippen molar-refractivity contribution in [1.82, 2.24) is 10.3 Å². The molecule has 3 aromatic rings. The van der Waals surface area contributed by atoms with Crippen molar-refractivity contribution in [3.8, 4) is 5.75 Å². The van der Waals surface area contributed by atoms with Gasteiger partial charge in [-0.15, -0.1) is 0 Å². The van der Waals surface area contributed by atoms with E-state index in [1.54, 1.807) is 18.3 Å². The Hall–Kier alpha value is -2.95. The highest BCUT2D eigenvalue weighted by Crippen LogP contribution is 2.18. The minimum atomic E-state index is -0.307. The van der Waals surface area contributed by atoms with Crippen LogP contribution in [0.5, 0.6) is 5.75 Å². The molecule has 0 aliphatic carbocycles. The third-order valence-corrected chi connectivity index (χ3v) is 3.55. The number of benzene rings is 2. The summed E-state index contributed by atoms with van der Waals surface area (Å²) < 4.78 is 18.4. The number of rotatable bonds is 6. The molecule has 0 atom stereocenters. The Morgan fingerprint density at radius 2 is 1.96 bits per heavy atom. The molecule has 0 aliphatic rings. The number of carbonyl (C=O) groups excluding carboxylic acids is 1. The fraction of sp³-hybridized carbons (Fsp3) is 0.158. The molecule has 0 unspecified atom stereocenters. The van der Waals surface area contributed by atoms with Crippen LogP contribution in [0, 0.1) is 5.82 Å². The number of nitrogens with zero attached hydrogens (tertiary/aromatic N) is 1. The van der Waals surface area contributed by atoms with Gasteiger partial charge < -0.3 is 10.1 Å². The van der Waals surface area contributed by atoms with Crippen LogP contribution in [-0.4, -0.2) is 24.0 Å². The van der Waals surface area contributed by atoms with Crippen molar-refractivity contribution < 1.29 is 13.9 Å². The number of aromatic nitrogens is 1. The smallest absolute Gasteiger partial charge is 0.224 e. The minimum absolute atomic E-state index is 0.118. The lowest BCUT2D eigenvalue weighted by Crippen LogP contribution is -2.29. The van der Waals surface area contributed by atoms with Gasteiger partial charge in [-0.05, 0) is 42.0 Å².